The van der Waals surface area contributed by atoms with Crippen LogP contribution in [0.2, 0.25) is 0 Å². The summed E-state index contributed by atoms with van der Waals surface area (Å²) in [5.74, 6) is 0.454. The highest BCUT2D eigenvalue weighted by Crippen LogP contribution is 2.33. The zero-order valence-electron chi connectivity index (χ0n) is 25.3. The van der Waals surface area contributed by atoms with Crippen LogP contribution in [0.25, 0.3) is 0 Å². The molecule has 2 aliphatic rings. The van der Waals surface area contributed by atoms with Crippen molar-refractivity contribution in [3.8, 4) is 0 Å². The van der Waals surface area contributed by atoms with E-state index in [9.17, 15) is 14.4 Å². The van der Waals surface area contributed by atoms with Gasteiger partial charge < -0.3 is 19.4 Å². The third-order valence-corrected chi connectivity index (χ3v) is 8.86. The number of oxime groups is 1. The van der Waals surface area contributed by atoms with Gasteiger partial charge in [-0.3, -0.25) is 29.7 Å². The number of pyridine rings is 2. The fourth-order valence-electron chi connectivity index (χ4n) is 5.22. The highest BCUT2D eigenvalue weighted by atomic mass is 32.2. The normalized spacial score (nSPS) is 18.5. The van der Waals surface area contributed by atoms with Gasteiger partial charge in [0.15, 0.2) is 0 Å². The molecule has 236 valence electrons. The van der Waals surface area contributed by atoms with Crippen molar-refractivity contribution in [2.24, 2.45) is 5.16 Å². The third-order valence-electron chi connectivity index (χ3n) is 7.59. The average Bonchev–Trinajstić information content (AvgIpc) is 3.59. The number of nitrogens with one attached hydrogen (secondary N) is 1. The predicted octanol–water partition coefficient (Wildman–Crippen LogP) is 3.67. The second kappa shape index (κ2) is 16.1. The molecule has 2 aliphatic heterocycles. The smallest absolute Gasteiger partial charge is 0.305 e. The van der Waals surface area contributed by atoms with Gasteiger partial charge in [0.2, 0.25) is 5.91 Å². The topological polar surface area (TPSA) is 126 Å². The summed E-state index contributed by atoms with van der Waals surface area (Å²) in [6.45, 7) is 4.38. The number of aromatic nitrogens is 2. The van der Waals surface area contributed by atoms with Crippen molar-refractivity contribution in [3.05, 3.63) is 95.6 Å². The summed E-state index contributed by atoms with van der Waals surface area (Å²) in [7, 11) is 0. The molecule has 5 rings (SSSR count). The maximum absolute atomic E-state index is 13.6. The first-order valence-corrected chi connectivity index (χ1v) is 16.3. The maximum atomic E-state index is 13.6. The van der Waals surface area contributed by atoms with Gasteiger partial charge >= 0.3 is 5.97 Å². The number of hydrogen-bond donors (Lipinski definition) is 1. The first kappa shape index (κ1) is 32.1. The van der Waals surface area contributed by atoms with E-state index in [1.807, 2.05) is 53.6 Å². The van der Waals surface area contributed by atoms with Gasteiger partial charge in [-0.25, -0.2) is 0 Å². The number of carbonyl (C=O) groups excluding carboxylic acids is 3. The number of thioether (sulfide) groups is 1. The molecule has 1 aromatic carbocycles. The van der Waals surface area contributed by atoms with Crippen LogP contribution in [-0.4, -0.2) is 94.5 Å². The lowest BCUT2D eigenvalue weighted by Gasteiger charge is -2.36. The Labute approximate surface area is 267 Å². The zero-order chi connectivity index (χ0) is 31.4. The molecule has 12 heteroatoms. The van der Waals surface area contributed by atoms with E-state index >= 15 is 0 Å². The summed E-state index contributed by atoms with van der Waals surface area (Å²) >= 11 is 1.71. The van der Waals surface area contributed by atoms with Crippen molar-refractivity contribution < 1.29 is 24.0 Å². The SMILES string of the molecule is CCOC(=O)CCCCO/N=C(\c1cccnc1)c1cccc(C(=O)N2CCN(C(=O)C3CSC(c4cccnc4)N3)CC2)c1. The lowest BCUT2D eigenvalue weighted by Crippen LogP contribution is -2.54. The predicted molar refractivity (Wildman–Crippen MR) is 172 cm³/mol. The Kier molecular flexibility index (Phi) is 11.5. The minimum Gasteiger partial charge on any atom is -0.466 e. The molecule has 2 fully saturated rings. The van der Waals surface area contributed by atoms with Crippen LogP contribution in [-0.2, 0) is 19.2 Å². The number of carbonyl (C=O) groups is 3. The van der Waals surface area contributed by atoms with Crippen LogP contribution >= 0.6 is 11.8 Å². The molecule has 0 bridgehead atoms. The van der Waals surface area contributed by atoms with E-state index in [4.69, 9.17) is 9.57 Å². The standard InChI is InChI=1S/C33H38N6O5S/c1-2-43-29(40)12-3-4-19-44-37-30(26-10-6-13-34-21-26)24-8-5-9-25(20-24)32(41)38-15-17-39(18-16-38)33(42)28-23-45-31(36-28)27-11-7-14-35-22-27/h5-11,13-14,20-22,28,31,36H,2-4,12,15-19,23H2,1H3/b37-30-. The van der Waals surface area contributed by atoms with Crippen LogP contribution in [0.3, 0.4) is 0 Å². The van der Waals surface area contributed by atoms with E-state index in [0.29, 0.717) is 75.7 Å². The molecule has 4 heterocycles. The van der Waals surface area contributed by atoms with Crippen LogP contribution < -0.4 is 5.32 Å². The van der Waals surface area contributed by atoms with Crippen molar-refractivity contribution in [2.45, 2.75) is 37.6 Å². The van der Waals surface area contributed by atoms with Gasteiger partial charge in [-0.2, -0.15) is 0 Å². The highest BCUT2D eigenvalue weighted by Gasteiger charge is 2.35. The van der Waals surface area contributed by atoms with Gasteiger partial charge in [0, 0.05) is 79.8 Å². The molecule has 2 atom stereocenters. The van der Waals surface area contributed by atoms with Crippen LogP contribution in [0.5, 0.6) is 0 Å². The van der Waals surface area contributed by atoms with Gasteiger partial charge in [0.05, 0.1) is 18.0 Å². The van der Waals surface area contributed by atoms with Crippen LogP contribution in [0.15, 0.2) is 78.5 Å². The average molecular weight is 631 g/mol. The van der Waals surface area contributed by atoms with Gasteiger partial charge in [0.1, 0.15) is 12.3 Å². The Bertz CT molecular complexity index is 1470. The Hall–Kier alpha value is -4.29. The molecule has 0 saturated carbocycles. The number of nitrogens with zero attached hydrogens (tertiary/aromatic N) is 5. The highest BCUT2D eigenvalue weighted by molar-refractivity contribution is 7.99. The maximum Gasteiger partial charge on any atom is 0.305 e. The third kappa shape index (κ3) is 8.67. The Morgan fingerprint density at radius 1 is 0.933 bits per heavy atom. The molecule has 2 saturated heterocycles. The summed E-state index contributed by atoms with van der Waals surface area (Å²) in [5.41, 5.74) is 3.63. The number of hydrogen-bond acceptors (Lipinski definition) is 10. The monoisotopic (exact) mass is 630 g/mol. The van der Waals surface area contributed by atoms with Gasteiger partial charge in [0.25, 0.3) is 5.91 Å². The van der Waals surface area contributed by atoms with Crippen molar-refractivity contribution >= 4 is 35.3 Å². The molecule has 2 aromatic heterocycles. The molecule has 0 aliphatic carbocycles. The largest absolute Gasteiger partial charge is 0.466 e. The fourth-order valence-corrected chi connectivity index (χ4v) is 6.44. The summed E-state index contributed by atoms with van der Waals surface area (Å²) in [5, 5.41) is 7.88. The number of ether oxygens (including phenoxy) is 1. The van der Waals surface area contributed by atoms with Gasteiger partial charge in [-0.1, -0.05) is 23.4 Å². The molecule has 3 aromatic rings. The summed E-state index contributed by atoms with van der Waals surface area (Å²) < 4.78 is 4.96. The van der Waals surface area contributed by atoms with Crippen molar-refractivity contribution in [1.82, 2.24) is 25.1 Å². The van der Waals surface area contributed by atoms with Crippen LogP contribution in [0.4, 0.5) is 0 Å². The van der Waals surface area contributed by atoms with Crippen LogP contribution in [0.1, 0.15) is 58.6 Å². The second-order valence-electron chi connectivity index (χ2n) is 10.7. The Balaban J connectivity index is 1.17. The van der Waals surface area contributed by atoms with E-state index in [1.54, 1.807) is 48.2 Å². The summed E-state index contributed by atoms with van der Waals surface area (Å²) in [6, 6.07) is 14.7. The molecule has 0 radical (unpaired) electrons. The molecule has 45 heavy (non-hydrogen) atoms. The summed E-state index contributed by atoms with van der Waals surface area (Å²) in [6.07, 6.45) is 8.58. The lowest BCUT2D eigenvalue weighted by atomic mass is 10.0. The van der Waals surface area contributed by atoms with Crippen molar-refractivity contribution in [2.75, 3.05) is 45.1 Å². The van der Waals surface area contributed by atoms with Gasteiger partial charge in [-0.15, -0.1) is 11.8 Å². The quantitative estimate of drug-likeness (QED) is 0.138. The van der Waals surface area contributed by atoms with Crippen molar-refractivity contribution in [3.63, 3.8) is 0 Å². The summed E-state index contributed by atoms with van der Waals surface area (Å²) in [4.78, 5) is 56.1. The van der Waals surface area contributed by atoms with Crippen LogP contribution in [0, 0.1) is 0 Å². The Morgan fingerprint density at radius 3 is 2.40 bits per heavy atom. The number of rotatable bonds is 12. The van der Waals surface area contributed by atoms with Crippen molar-refractivity contribution in [1.29, 1.82) is 0 Å². The number of esters is 1. The number of piperazine rings is 1. The molecule has 0 spiro atoms. The molecular weight excluding hydrogens is 592 g/mol. The first-order chi connectivity index (χ1) is 22.0. The molecule has 2 unspecified atom stereocenters. The van der Waals surface area contributed by atoms with E-state index < -0.39 is 0 Å². The number of unbranched alkanes of at least 4 members (excludes halogenated alkanes) is 1. The van der Waals surface area contributed by atoms with E-state index in [-0.39, 0.29) is 29.2 Å². The zero-order valence-corrected chi connectivity index (χ0v) is 26.2. The molecule has 1 N–H and O–H groups in total. The first-order valence-electron chi connectivity index (χ1n) is 15.3. The van der Waals surface area contributed by atoms with E-state index in [2.05, 4.69) is 20.4 Å². The molecular formula is C33H38N6O5S. The minimum atomic E-state index is -0.260. The number of amides is 2. The number of benzene rings is 1. The fraction of sp³-hybridized carbons (Fsp3) is 0.394. The minimum absolute atomic E-state index is 0.0459. The van der Waals surface area contributed by atoms with E-state index in [0.717, 1.165) is 16.7 Å². The molecule has 2 amide bonds. The lowest BCUT2D eigenvalue weighted by molar-refractivity contribution is -0.143. The van der Waals surface area contributed by atoms with Gasteiger partial charge in [-0.05, 0) is 55.7 Å². The Morgan fingerprint density at radius 2 is 1.67 bits per heavy atom. The molecule has 11 nitrogen and oxygen atoms in total. The van der Waals surface area contributed by atoms with E-state index in [1.165, 1.54) is 0 Å². The second-order valence-corrected chi connectivity index (χ2v) is 11.8.